The number of thioether (sulfide) groups is 1. The fraction of sp³-hybridized carbons (Fsp3) is 0.417. The highest BCUT2D eigenvalue weighted by Gasteiger charge is 2.17. The minimum atomic E-state index is -0.425. The van der Waals surface area contributed by atoms with E-state index in [0.29, 0.717) is 22.2 Å². The summed E-state index contributed by atoms with van der Waals surface area (Å²) < 4.78 is 5.57. The van der Waals surface area contributed by atoms with Crippen molar-refractivity contribution < 1.29 is 9.34 Å². The third-order valence-corrected chi connectivity index (χ3v) is 4.23. The van der Waals surface area contributed by atoms with Crippen molar-refractivity contribution in [3.05, 3.63) is 28.3 Å². The molecular weight excluding hydrogens is 266 g/mol. The van der Waals surface area contributed by atoms with E-state index >= 15 is 0 Å². The Morgan fingerprint density at radius 1 is 1.58 bits per heavy atom. The maximum Gasteiger partial charge on any atom is 0.271 e. The Morgan fingerprint density at radius 2 is 2.47 bits per heavy atom. The average Bonchev–Trinajstić information content (AvgIpc) is 3.04. The molecule has 1 aliphatic rings. The van der Waals surface area contributed by atoms with Gasteiger partial charge in [-0.3, -0.25) is 10.1 Å². The Labute approximate surface area is 113 Å². The standard InChI is InChI=1S/C12H13N3O3S/c16-15(17)9-1-2-11-10(5-9)14-12(18-11)19-7-8-3-4-13-6-8/h1-2,5,8,13H,3-4,6-7H2/t8-/m1/s1. The molecule has 1 atom stereocenters. The Morgan fingerprint density at radius 3 is 3.21 bits per heavy atom. The summed E-state index contributed by atoms with van der Waals surface area (Å²) in [4.78, 5) is 14.5. The third-order valence-electron chi connectivity index (χ3n) is 3.17. The number of hydrogen-bond acceptors (Lipinski definition) is 6. The minimum Gasteiger partial charge on any atom is -0.431 e. The van der Waals surface area contributed by atoms with E-state index in [1.54, 1.807) is 17.8 Å². The van der Waals surface area contributed by atoms with Crippen molar-refractivity contribution in [3.8, 4) is 0 Å². The van der Waals surface area contributed by atoms with E-state index in [2.05, 4.69) is 10.3 Å². The second-order valence-corrected chi connectivity index (χ2v) is 5.53. The number of oxazole rings is 1. The molecule has 7 heteroatoms. The quantitative estimate of drug-likeness (QED) is 0.526. The highest BCUT2D eigenvalue weighted by molar-refractivity contribution is 7.99. The summed E-state index contributed by atoms with van der Waals surface area (Å²) in [6, 6.07) is 4.48. The van der Waals surface area contributed by atoms with E-state index in [1.165, 1.54) is 18.6 Å². The van der Waals surface area contributed by atoms with Crippen molar-refractivity contribution in [2.45, 2.75) is 11.6 Å². The summed E-state index contributed by atoms with van der Waals surface area (Å²) in [6.07, 6.45) is 1.18. The van der Waals surface area contributed by atoms with Crippen LogP contribution in [0, 0.1) is 16.0 Å². The summed E-state index contributed by atoms with van der Waals surface area (Å²) in [7, 11) is 0. The largest absolute Gasteiger partial charge is 0.431 e. The van der Waals surface area contributed by atoms with Crippen LogP contribution in [0.25, 0.3) is 11.1 Å². The second-order valence-electron chi connectivity index (χ2n) is 4.56. The molecule has 0 unspecified atom stereocenters. The molecule has 1 aromatic carbocycles. The van der Waals surface area contributed by atoms with Crippen LogP contribution in [-0.2, 0) is 0 Å². The lowest BCUT2D eigenvalue weighted by atomic mass is 10.2. The number of nitro benzene ring substituents is 1. The lowest BCUT2D eigenvalue weighted by Gasteiger charge is -2.03. The summed E-state index contributed by atoms with van der Waals surface area (Å²) >= 11 is 1.57. The van der Waals surface area contributed by atoms with E-state index in [1.807, 2.05) is 0 Å². The molecule has 1 saturated heterocycles. The third kappa shape index (κ3) is 2.71. The van der Waals surface area contributed by atoms with Crippen LogP contribution in [-0.4, -0.2) is 28.7 Å². The number of nitro groups is 1. The second kappa shape index (κ2) is 5.18. The van der Waals surface area contributed by atoms with Gasteiger partial charge in [0.1, 0.15) is 5.52 Å². The van der Waals surface area contributed by atoms with Crippen molar-refractivity contribution in [1.82, 2.24) is 10.3 Å². The van der Waals surface area contributed by atoms with Gasteiger partial charge >= 0.3 is 0 Å². The first-order valence-corrected chi connectivity index (χ1v) is 7.09. The van der Waals surface area contributed by atoms with Gasteiger partial charge in [0.2, 0.25) is 0 Å². The van der Waals surface area contributed by atoms with Crippen LogP contribution < -0.4 is 5.32 Å². The van der Waals surface area contributed by atoms with Crippen LogP contribution >= 0.6 is 11.8 Å². The zero-order valence-corrected chi connectivity index (χ0v) is 11.0. The van der Waals surface area contributed by atoms with E-state index in [9.17, 15) is 10.1 Å². The molecule has 1 aliphatic heterocycles. The van der Waals surface area contributed by atoms with Crippen molar-refractivity contribution in [2.75, 3.05) is 18.8 Å². The van der Waals surface area contributed by atoms with E-state index < -0.39 is 4.92 Å². The fourth-order valence-electron chi connectivity index (χ4n) is 2.12. The Bertz CT molecular complexity index is 607. The van der Waals surface area contributed by atoms with Gasteiger partial charge in [0.25, 0.3) is 10.9 Å². The summed E-state index contributed by atoms with van der Waals surface area (Å²) in [6.45, 7) is 2.11. The molecule has 3 rings (SSSR count). The molecule has 1 fully saturated rings. The predicted molar refractivity (Wildman–Crippen MR) is 72.4 cm³/mol. The van der Waals surface area contributed by atoms with Crippen molar-refractivity contribution >= 4 is 28.5 Å². The molecule has 0 spiro atoms. The predicted octanol–water partition coefficient (Wildman–Crippen LogP) is 2.44. The summed E-state index contributed by atoms with van der Waals surface area (Å²) in [5, 5.41) is 14.6. The number of nitrogens with zero attached hydrogens (tertiary/aromatic N) is 2. The summed E-state index contributed by atoms with van der Waals surface area (Å²) in [5.74, 6) is 1.61. The highest BCUT2D eigenvalue weighted by atomic mass is 32.2. The van der Waals surface area contributed by atoms with Gasteiger partial charge < -0.3 is 9.73 Å². The number of rotatable bonds is 4. The molecule has 2 heterocycles. The smallest absolute Gasteiger partial charge is 0.271 e. The molecule has 0 bridgehead atoms. The maximum atomic E-state index is 10.7. The topological polar surface area (TPSA) is 81.2 Å². The molecular formula is C12H13N3O3S. The number of benzene rings is 1. The van der Waals surface area contributed by atoms with Crippen molar-refractivity contribution in [2.24, 2.45) is 5.92 Å². The molecule has 2 aromatic rings. The van der Waals surface area contributed by atoms with Gasteiger partial charge in [-0.15, -0.1) is 0 Å². The average molecular weight is 279 g/mol. The van der Waals surface area contributed by atoms with Crippen LogP contribution in [0.1, 0.15) is 6.42 Å². The number of nitrogens with one attached hydrogen (secondary N) is 1. The number of hydrogen-bond donors (Lipinski definition) is 1. The van der Waals surface area contributed by atoms with Gasteiger partial charge in [-0.1, -0.05) is 11.8 Å². The van der Waals surface area contributed by atoms with Crippen LogP contribution in [0.3, 0.4) is 0 Å². The zero-order valence-electron chi connectivity index (χ0n) is 10.2. The molecule has 6 nitrogen and oxygen atoms in total. The lowest BCUT2D eigenvalue weighted by Crippen LogP contribution is -2.10. The summed E-state index contributed by atoms with van der Waals surface area (Å²) in [5.41, 5.74) is 1.18. The van der Waals surface area contributed by atoms with Gasteiger partial charge in [-0.2, -0.15) is 0 Å². The SMILES string of the molecule is O=[N+]([O-])c1ccc2oc(SC[C@@H]3CCNC3)nc2c1. The normalized spacial score (nSPS) is 19.1. The first-order valence-electron chi connectivity index (χ1n) is 6.11. The first kappa shape index (κ1) is 12.4. The maximum absolute atomic E-state index is 10.7. The van der Waals surface area contributed by atoms with Crippen LogP contribution in [0.2, 0.25) is 0 Å². The van der Waals surface area contributed by atoms with Gasteiger partial charge in [0.15, 0.2) is 5.58 Å². The van der Waals surface area contributed by atoms with Crippen molar-refractivity contribution in [3.63, 3.8) is 0 Å². The van der Waals surface area contributed by atoms with E-state index in [-0.39, 0.29) is 5.69 Å². The zero-order chi connectivity index (χ0) is 13.2. The monoisotopic (exact) mass is 279 g/mol. The Kier molecular flexibility index (Phi) is 3.39. The van der Waals surface area contributed by atoms with Gasteiger partial charge in [-0.05, 0) is 31.5 Å². The number of fused-ring (bicyclic) bond motifs is 1. The minimum absolute atomic E-state index is 0.0392. The van der Waals surface area contributed by atoms with E-state index in [0.717, 1.165) is 18.8 Å². The van der Waals surface area contributed by atoms with Gasteiger partial charge in [0.05, 0.1) is 4.92 Å². The Balaban J connectivity index is 1.75. The van der Waals surface area contributed by atoms with Gasteiger partial charge in [-0.25, -0.2) is 4.98 Å². The number of non-ortho nitro benzene ring substituents is 1. The van der Waals surface area contributed by atoms with Crippen LogP contribution in [0.4, 0.5) is 5.69 Å². The molecule has 1 aromatic heterocycles. The fourth-order valence-corrected chi connectivity index (χ4v) is 3.09. The molecule has 0 aliphatic carbocycles. The molecule has 0 amide bonds. The van der Waals surface area contributed by atoms with Crippen LogP contribution in [0.15, 0.2) is 27.8 Å². The molecule has 19 heavy (non-hydrogen) atoms. The van der Waals surface area contributed by atoms with E-state index in [4.69, 9.17) is 4.42 Å². The molecule has 1 N–H and O–H groups in total. The molecule has 100 valence electrons. The Hall–Kier alpha value is -1.60. The highest BCUT2D eigenvalue weighted by Crippen LogP contribution is 2.28. The van der Waals surface area contributed by atoms with Crippen molar-refractivity contribution in [1.29, 1.82) is 0 Å². The van der Waals surface area contributed by atoms with Gasteiger partial charge in [0, 0.05) is 17.9 Å². The lowest BCUT2D eigenvalue weighted by molar-refractivity contribution is -0.384. The van der Waals surface area contributed by atoms with Crippen LogP contribution in [0.5, 0.6) is 0 Å². The first-order chi connectivity index (χ1) is 9.22. The molecule has 0 radical (unpaired) electrons. The number of aromatic nitrogens is 1. The molecule has 0 saturated carbocycles.